The highest BCUT2D eigenvalue weighted by Gasteiger charge is 2.25. The van der Waals surface area contributed by atoms with Crippen LogP contribution in [0.3, 0.4) is 0 Å². The molecular formula is C25H34N2O2. The van der Waals surface area contributed by atoms with Gasteiger partial charge in [-0.15, -0.1) is 0 Å². The van der Waals surface area contributed by atoms with E-state index in [1.807, 2.05) is 39.0 Å². The number of aryl methyl sites for hydroxylation is 2. The second-order valence-corrected chi connectivity index (χ2v) is 7.83. The first kappa shape index (κ1) is 22.7. The minimum atomic E-state index is -0.490. The summed E-state index contributed by atoms with van der Waals surface area (Å²) in [5.74, 6) is -0.0828. The van der Waals surface area contributed by atoms with E-state index in [2.05, 4.69) is 48.6 Å². The van der Waals surface area contributed by atoms with Crippen LogP contribution in [-0.2, 0) is 28.9 Å². The fourth-order valence-corrected chi connectivity index (χ4v) is 3.31. The van der Waals surface area contributed by atoms with Crippen LogP contribution < -0.4 is 5.32 Å². The first-order valence-electron chi connectivity index (χ1n) is 10.6. The fraction of sp³-hybridized carbons (Fsp3) is 0.440. The number of amides is 2. The lowest BCUT2D eigenvalue weighted by Gasteiger charge is -2.29. The second kappa shape index (κ2) is 11.4. The normalized spacial score (nSPS) is 11.9. The van der Waals surface area contributed by atoms with E-state index in [-0.39, 0.29) is 17.9 Å². The molecule has 1 N–H and O–H groups in total. The molecule has 0 heterocycles. The van der Waals surface area contributed by atoms with Gasteiger partial charge in [-0.2, -0.15) is 0 Å². The van der Waals surface area contributed by atoms with E-state index in [1.165, 1.54) is 5.56 Å². The number of benzene rings is 2. The lowest BCUT2D eigenvalue weighted by Crippen LogP contribution is -2.50. The summed E-state index contributed by atoms with van der Waals surface area (Å²) in [7, 11) is 0. The maximum atomic E-state index is 13.0. The van der Waals surface area contributed by atoms with Gasteiger partial charge in [0.1, 0.15) is 6.04 Å². The molecule has 156 valence electrons. The molecule has 0 aliphatic carbocycles. The third kappa shape index (κ3) is 7.37. The van der Waals surface area contributed by atoms with Crippen molar-refractivity contribution in [3.63, 3.8) is 0 Å². The molecule has 0 fully saturated rings. The van der Waals surface area contributed by atoms with Gasteiger partial charge < -0.3 is 10.2 Å². The van der Waals surface area contributed by atoms with Gasteiger partial charge >= 0.3 is 0 Å². The Morgan fingerprint density at radius 3 is 2.03 bits per heavy atom. The second-order valence-electron chi connectivity index (χ2n) is 7.83. The number of hydrogen-bond donors (Lipinski definition) is 1. The molecule has 4 heteroatoms. The summed E-state index contributed by atoms with van der Waals surface area (Å²) in [5.41, 5.74) is 3.61. The van der Waals surface area contributed by atoms with E-state index in [4.69, 9.17) is 0 Å². The number of hydrogen-bond acceptors (Lipinski definition) is 2. The molecule has 2 aromatic carbocycles. The average molecular weight is 395 g/mol. The molecule has 0 aromatic heterocycles. The maximum Gasteiger partial charge on any atom is 0.242 e. The predicted octanol–water partition coefficient (Wildman–Crippen LogP) is 4.17. The maximum absolute atomic E-state index is 13.0. The van der Waals surface area contributed by atoms with Crippen LogP contribution in [0.5, 0.6) is 0 Å². The lowest BCUT2D eigenvalue weighted by atomic mass is 10.0. The molecule has 0 saturated heterocycles. The van der Waals surface area contributed by atoms with Crippen molar-refractivity contribution < 1.29 is 9.59 Å². The van der Waals surface area contributed by atoms with Crippen LogP contribution in [0.1, 0.15) is 50.8 Å². The Balaban J connectivity index is 2.04. The first-order chi connectivity index (χ1) is 13.9. The molecule has 2 amide bonds. The molecule has 1 atom stereocenters. The smallest absolute Gasteiger partial charge is 0.242 e. The Labute approximate surface area is 175 Å². The minimum Gasteiger partial charge on any atom is -0.352 e. The van der Waals surface area contributed by atoms with Gasteiger partial charge in [0.25, 0.3) is 0 Å². The van der Waals surface area contributed by atoms with Crippen LogP contribution in [-0.4, -0.2) is 35.3 Å². The number of carbonyl (C=O) groups is 2. The molecular weight excluding hydrogens is 360 g/mol. The van der Waals surface area contributed by atoms with Gasteiger partial charge in [0.05, 0.1) is 0 Å². The molecule has 2 rings (SSSR count). The molecule has 0 radical (unpaired) electrons. The van der Waals surface area contributed by atoms with Crippen LogP contribution in [0.4, 0.5) is 0 Å². The third-order valence-electron chi connectivity index (χ3n) is 5.14. The zero-order valence-corrected chi connectivity index (χ0v) is 18.2. The van der Waals surface area contributed by atoms with Gasteiger partial charge in [-0.25, -0.2) is 0 Å². The predicted molar refractivity (Wildman–Crippen MR) is 119 cm³/mol. The van der Waals surface area contributed by atoms with Crippen LogP contribution in [0, 0.1) is 0 Å². The first-order valence-corrected chi connectivity index (χ1v) is 10.6. The fourth-order valence-electron chi connectivity index (χ4n) is 3.31. The SMILES string of the molecule is CCc1ccc(CCC(=O)N(CCc2ccccc2)C(C)C(=O)NC(C)C)cc1. The average Bonchev–Trinajstić information content (AvgIpc) is 2.72. The number of rotatable bonds is 10. The van der Waals surface area contributed by atoms with Crippen molar-refractivity contribution in [2.75, 3.05) is 6.54 Å². The molecule has 0 spiro atoms. The Hall–Kier alpha value is -2.62. The molecule has 0 aliphatic heterocycles. The van der Waals surface area contributed by atoms with Crippen LogP contribution >= 0.6 is 0 Å². The van der Waals surface area contributed by atoms with Gasteiger partial charge in [-0.05, 0) is 56.7 Å². The van der Waals surface area contributed by atoms with Crippen molar-refractivity contribution in [2.24, 2.45) is 0 Å². The van der Waals surface area contributed by atoms with Gasteiger partial charge in [-0.1, -0.05) is 61.5 Å². The summed E-state index contributed by atoms with van der Waals surface area (Å²) < 4.78 is 0. The van der Waals surface area contributed by atoms with E-state index in [9.17, 15) is 9.59 Å². The molecule has 4 nitrogen and oxygen atoms in total. The summed E-state index contributed by atoms with van der Waals surface area (Å²) in [6.07, 6.45) is 2.83. The van der Waals surface area contributed by atoms with Crippen molar-refractivity contribution in [3.8, 4) is 0 Å². The van der Waals surface area contributed by atoms with Crippen molar-refractivity contribution in [1.29, 1.82) is 0 Å². The van der Waals surface area contributed by atoms with E-state index >= 15 is 0 Å². The molecule has 0 bridgehead atoms. The minimum absolute atomic E-state index is 0.0203. The van der Waals surface area contributed by atoms with Crippen molar-refractivity contribution in [3.05, 3.63) is 71.3 Å². The summed E-state index contributed by atoms with van der Waals surface area (Å²) >= 11 is 0. The van der Waals surface area contributed by atoms with Gasteiger partial charge in [0, 0.05) is 19.0 Å². The molecule has 29 heavy (non-hydrogen) atoms. The molecule has 0 aliphatic rings. The molecule has 0 saturated carbocycles. The number of nitrogens with one attached hydrogen (secondary N) is 1. The zero-order chi connectivity index (χ0) is 21.2. The Kier molecular flexibility index (Phi) is 8.91. The van der Waals surface area contributed by atoms with Gasteiger partial charge in [0.15, 0.2) is 0 Å². The van der Waals surface area contributed by atoms with E-state index in [1.54, 1.807) is 4.90 Å². The monoisotopic (exact) mass is 394 g/mol. The topological polar surface area (TPSA) is 49.4 Å². The van der Waals surface area contributed by atoms with Crippen molar-refractivity contribution in [2.45, 2.75) is 65.5 Å². The summed E-state index contributed by atoms with van der Waals surface area (Å²) in [5, 5.41) is 2.93. The quantitative estimate of drug-likeness (QED) is 0.658. The summed E-state index contributed by atoms with van der Waals surface area (Å²) in [4.78, 5) is 27.3. The Morgan fingerprint density at radius 2 is 1.45 bits per heavy atom. The highest BCUT2D eigenvalue weighted by atomic mass is 16.2. The van der Waals surface area contributed by atoms with Crippen molar-refractivity contribution >= 4 is 11.8 Å². The van der Waals surface area contributed by atoms with Gasteiger partial charge in [0.2, 0.25) is 11.8 Å². The van der Waals surface area contributed by atoms with E-state index in [0.717, 1.165) is 24.0 Å². The molecule has 2 aromatic rings. The van der Waals surface area contributed by atoms with Crippen molar-refractivity contribution in [1.82, 2.24) is 10.2 Å². The number of nitrogens with zero attached hydrogens (tertiary/aromatic N) is 1. The van der Waals surface area contributed by atoms with Crippen LogP contribution in [0.15, 0.2) is 54.6 Å². The van der Waals surface area contributed by atoms with E-state index < -0.39 is 6.04 Å². The largest absolute Gasteiger partial charge is 0.352 e. The Morgan fingerprint density at radius 1 is 0.862 bits per heavy atom. The Bertz CT molecular complexity index is 769. The number of carbonyl (C=O) groups excluding carboxylic acids is 2. The third-order valence-corrected chi connectivity index (χ3v) is 5.14. The highest BCUT2D eigenvalue weighted by molar-refractivity contribution is 5.87. The van der Waals surface area contributed by atoms with E-state index in [0.29, 0.717) is 19.4 Å². The highest BCUT2D eigenvalue weighted by Crippen LogP contribution is 2.12. The molecule has 1 unspecified atom stereocenters. The van der Waals surface area contributed by atoms with Crippen LogP contribution in [0.2, 0.25) is 0 Å². The van der Waals surface area contributed by atoms with Gasteiger partial charge in [-0.3, -0.25) is 9.59 Å². The van der Waals surface area contributed by atoms with Crippen LogP contribution in [0.25, 0.3) is 0 Å². The standard InChI is InChI=1S/C25H34N2O2/c1-5-21-11-13-23(14-12-21)15-16-24(28)27(20(4)25(29)26-19(2)3)18-17-22-9-7-6-8-10-22/h6-14,19-20H,5,15-18H2,1-4H3,(H,26,29). The summed E-state index contributed by atoms with van der Waals surface area (Å²) in [6.45, 7) is 8.34. The lowest BCUT2D eigenvalue weighted by molar-refractivity contribution is -0.140. The summed E-state index contributed by atoms with van der Waals surface area (Å²) in [6, 6.07) is 18.1. The zero-order valence-electron chi connectivity index (χ0n) is 18.2.